The fourth-order valence-electron chi connectivity index (χ4n) is 5.31. The average Bonchev–Trinajstić information content (AvgIpc) is 3.18. The number of urea groups is 1. The molecule has 2 aromatic heterocycles. The smallest absolute Gasteiger partial charge is 0.321 e. The number of hydrogen-bond acceptors (Lipinski definition) is 4. The van der Waals surface area contributed by atoms with Crippen LogP contribution in [0.25, 0.3) is 5.65 Å². The van der Waals surface area contributed by atoms with Gasteiger partial charge >= 0.3 is 6.03 Å². The molecule has 2 saturated heterocycles. The van der Waals surface area contributed by atoms with Crippen molar-refractivity contribution in [1.29, 1.82) is 0 Å². The van der Waals surface area contributed by atoms with Crippen LogP contribution >= 0.6 is 11.6 Å². The molecule has 31 heavy (non-hydrogen) atoms. The molecule has 2 aliphatic heterocycles. The van der Waals surface area contributed by atoms with Gasteiger partial charge in [0, 0.05) is 30.9 Å². The van der Waals surface area contributed by atoms with Crippen LogP contribution in [0.15, 0.2) is 36.7 Å². The van der Waals surface area contributed by atoms with E-state index in [4.69, 9.17) is 16.6 Å². The van der Waals surface area contributed by atoms with Gasteiger partial charge in [0.1, 0.15) is 17.3 Å². The Morgan fingerprint density at radius 2 is 2.06 bits per heavy atom. The first-order valence-electron chi connectivity index (χ1n) is 10.7. The molecule has 3 fully saturated rings. The number of aromatic nitrogens is 3. The summed E-state index contributed by atoms with van der Waals surface area (Å²) in [5.41, 5.74) is 1.69. The van der Waals surface area contributed by atoms with Crippen molar-refractivity contribution in [3.63, 3.8) is 0 Å². The molecule has 2 atom stereocenters. The zero-order valence-corrected chi connectivity index (χ0v) is 17.6. The Kier molecular flexibility index (Phi) is 4.15. The molecule has 1 N–H and O–H groups in total. The van der Waals surface area contributed by atoms with E-state index < -0.39 is 0 Å². The number of carbonyl (C=O) groups is 1. The molecule has 0 bridgehead atoms. The van der Waals surface area contributed by atoms with Gasteiger partial charge in [0.15, 0.2) is 5.65 Å². The summed E-state index contributed by atoms with van der Waals surface area (Å²) in [5, 5.41) is 7.87. The van der Waals surface area contributed by atoms with Crippen molar-refractivity contribution in [3.05, 3.63) is 53.1 Å². The number of anilines is 2. The van der Waals surface area contributed by atoms with E-state index in [0.717, 1.165) is 56.7 Å². The molecule has 9 heteroatoms. The molecule has 7 nitrogen and oxygen atoms in total. The lowest BCUT2D eigenvalue weighted by atomic mass is 10.0. The number of nitrogens with zero attached hydrogens (tertiary/aromatic N) is 5. The fraction of sp³-hybridized carbons (Fsp3) is 0.409. The Morgan fingerprint density at radius 3 is 2.87 bits per heavy atom. The maximum absolute atomic E-state index is 14.0. The minimum Gasteiger partial charge on any atom is -0.346 e. The topological polar surface area (TPSA) is 65.8 Å². The summed E-state index contributed by atoms with van der Waals surface area (Å²) in [6, 6.07) is 6.38. The molecule has 2 amide bonds. The number of halogens is 2. The van der Waals surface area contributed by atoms with E-state index in [1.165, 1.54) is 6.07 Å². The van der Waals surface area contributed by atoms with Gasteiger partial charge in [0.05, 0.1) is 11.7 Å². The number of carbonyl (C=O) groups excluding carboxylic acids is 1. The van der Waals surface area contributed by atoms with Crippen LogP contribution in [0.5, 0.6) is 0 Å². The minimum atomic E-state index is -0.316. The molecular formula is C22H22ClFN6O. The first kappa shape index (κ1) is 18.9. The number of nitrogens with one attached hydrogen (secondary N) is 1. The lowest BCUT2D eigenvalue weighted by Crippen LogP contribution is -2.34. The highest BCUT2D eigenvalue weighted by atomic mass is 35.5. The monoisotopic (exact) mass is 440 g/mol. The quantitative estimate of drug-likeness (QED) is 0.660. The van der Waals surface area contributed by atoms with E-state index >= 15 is 0 Å². The van der Waals surface area contributed by atoms with Crippen molar-refractivity contribution in [3.8, 4) is 0 Å². The van der Waals surface area contributed by atoms with E-state index in [1.54, 1.807) is 22.8 Å². The van der Waals surface area contributed by atoms with Crippen molar-refractivity contribution in [2.75, 3.05) is 29.9 Å². The molecule has 1 aliphatic carbocycles. The van der Waals surface area contributed by atoms with Gasteiger partial charge in [-0.05, 0) is 61.4 Å². The Hall–Kier alpha value is -2.87. The molecule has 0 spiro atoms. The van der Waals surface area contributed by atoms with Crippen LogP contribution in [-0.2, 0) is 5.54 Å². The van der Waals surface area contributed by atoms with Gasteiger partial charge in [-0.1, -0.05) is 11.6 Å². The zero-order chi connectivity index (χ0) is 21.2. The summed E-state index contributed by atoms with van der Waals surface area (Å²) < 4.78 is 15.7. The van der Waals surface area contributed by atoms with Gasteiger partial charge in [-0.2, -0.15) is 5.10 Å². The number of hydrogen-bond donors (Lipinski definition) is 1. The second-order valence-corrected chi connectivity index (χ2v) is 9.03. The molecule has 0 unspecified atom stereocenters. The molecule has 3 aromatic rings. The predicted octanol–water partition coefficient (Wildman–Crippen LogP) is 4.28. The van der Waals surface area contributed by atoms with Crippen molar-refractivity contribution >= 4 is 34.8 Å². The van der Waals surface area contributed by atoms with Crippen LogP contribution in [0.1, 0.15) is 31.2 Å². The number of fused-ring (bicyclic) bond motifs is 2. The summed E-state index contributed by atoms with van der Waals surface area (Å²) in [6.07, 6.45) is 7.48. The summed E-state index contributed by atoms with van der Waals surface area (Å²) in [4.78, 5) is 21.4. The SMILES string of the molecule is O=C(Nc1cnn2ccc(N3CC[C@H]4C[C@]43c3cc(F)ccc3Cl)nc12)N1CCCC1. The summed E-state index contributed by atoms with van der Waals surface area (Å²) in [6.45, 7) is 2.37. The number of rotatable bonds is 3. The lowest BCUT2D eigenvalue weighted by Gasteiger charge is -2.30. The average molecular weight is 441 g/mol. The summed E-state index contributed by atoms with van der Waals surface area (Å²) in [7, 11) is 0. The van der Waals surface area contributed by atoms with E-state index in [0.29, 0.717) is 22.3 Å². The van der Waals surface area contributed by atoms with Crippen molar-refractivity contribution in [2.45, 2.75) is 31.2 Å². The normalized spacial score (nSPS) is 24.6. The maximum Gasteiger partial charge on any atom is 0.321 e. The molecule has 1 aromatic carbocycles. The van der Waals surface area contributed by atoms with Crippen molar-refractivity contribution in [2.24, 2.45) is 5.92 Å². The van der Waals surface area contributed by atoms with Crippen molar-refractivity contribution < 1.29 is 9.18 Å². The third kappa shape index (κ3) is 2.88. The number of likely N-dealkylation sites (tertiary alicyclic amines) is 1. The van der Waals surface area contributed by atoms with Crippen LogP contribution in [0.2, 0.25) is 5.02 Å². The Balaban J connectivity index is 1.35. The molecular weight excluding hydrogens is 419 g/mol. The van der Waals surface area contributed by atoms with E-state index in [1.807, 2.05) is 17.2 Å². The zero-order valence-electron chi connectivity index (χ0n) is 16.9. The molecule has 0 radical (unpaired) electrons. The van der Waals surface area contributed by atoms with Gasteiger partial charge in [-0.15, -0.1) is 0 Å². The molecule has 3 aliphatic rings. The largest absolute Gasteiger partial charge is 0.346 e. The Bertz CT molecular complexity index is 1190. The number of piperidine rings is 1. The highest BCUT2D eigenvalue weighted by molar-refractivity contribution is 6.31. The highest BCUT2D eigenvalue weighted by Gasteiger charge is 2.64. The fourth-order valence-corrected chi connectivity index (χ4v) is 5.59. The van der Waals surface area contributed by atoms with E-state index in [2.05, 4.69) is 15.3 Å². The maximum atomic E-state index is 14.0. The number of benzene rings is 1. The van der Waals surface area contributed by atoms with Crippen molar-refractivity contribution in [1.82, 2.24) is 19.5 Å². The van der Waals surface area contributed by atoms with Crippen LogP contribution in [0.4, 0.5) is 20.7 Å². The first-order chi connectivity index (χ1) is 15.1. The standard InChI is InChI=1S/C22H22ClFN6O/c23-17-4-3-15(24)11-16(17)22-12-14(22)5-9-29(22)19-6-10-30-20(27-19)18(13-25-30)26-21(31)28-7-1-2-8-28/h3-4,6,10-11,13-14H,1-2,5,7-9,12H2,(H,26,31)/t14-,22+/m0/s1. The van der Waals surface area contributed by atoms with Gasteiger partial charge in [0.2, 0.25) is 0 Å². The minimum absolute atomic E-state index is 0.119. The van der Waals surface area contributed by atoms with Gasteiger partial charge in [0.25, 0.3) is 0 Å². The Labute approximate surface area is 183 Å². The van der Waals surface area contributed by atoms with Crippen LogP contribution in [-0.4, -0.2) is 45.2 Å². The van der Waals surface area contributed by atoms with Crippen LogP contribution in [0, 0.1) is 11.7 Å². The summed E-state index contributed by atoms with van der Waals surface area (Å²) in [5.74, 6) is 0.937. The van der Waals surface area contributed by atoms with Crippen LogP contribution in [0.3, 0.4) is 0 Å². The highest BCUT2D eigenvalue weighted by Crippen LogP contribution is 2.64. The second-order valence-electron chi connectivity index (χ2n) is 8.63. The Morgan fingerprint density at radius 1 is 1.23 bits per heavy atom. The second kappa shape index (κ2) is 6.82. The van der Waals surface area contributed by atoms with Gasteiger partial charge < -0.3 is 15.1 Å². The first-order valence-corrected chi connectivity index (χ1v) is 11.1. The number of amides is 2. The third-order valence-corrected chi connectivity index (χ3v) is 7.25. The lowest BCUT2D eigenvalue weighted by molar-refractivity contribution is 0.222. The third-order valence-electron chi connectivity index (χ3n) is 6.92. The molecule has 160 valence electrons. The van der Waals surface area contributed by atoms with Gasteiger partial charge in [-0.3, -0.25) is 0 Å². The molecule has 1 saturated carbocycles. The van der Waals surface area contributed by atoms with E-state index in [-0.39, 0.29) is 17.4 Å². The van der Waals surface area contributed by atoms with E-state index in [9.17, 15) is 9.18 Å². The predicted molar refractivity (Wildman–Crippen MR) is 116 cm³/mol. The summed E-state index contributed by atoms with van der Waals surface area (Å²) >= 11 is 6.49. The van der Waals surface area contributed by atoms with Gasteiger partial charge in [-0.25, -0.2) is 18.7 Å². The van der Waals surface area contributed by atoms with Crippen LogP contribution < -0.4 is 10.2 Å². The molecule has 6 rings (SSSR count). The molecule has 4 heterocycles.